The van der Waals surface area contributed by atoms with Gasteiger partial charge in [-0.2, -0.15) is 0 Å². The second kappa shape index (κ2) is 17.4. The van der Waals surface area contributed by atoms with Gasteiger partial charge in [-0.1, -0.05) is 60.7 Å². The van der Waals surface area contributed by atoms with Gasteiger partial charge in [0, 0.05) is 24.5 Å². The van der Waals surface area contributed by atoms with Crippen LogP contribution in [-0.4, -0.2) is 75.7 Å². The van der Waals surface area contributed by atoms with E-state index in [2.05, 4.69) is 27.0 Å². The number of guanidine groups is 1. The van der Waals surface area contributed by atoms with Crippen LogP contribution in [0.25, 0.3) is 32.7 Å². The Morgan fingerprint density at radius 3 is 2.04 bits per heavy atom. The smallest absolute Gasteiger partial charge is 0.338 e. The zero-order valence-corrected chi connectivity index (χ0v) is 30.4. The summed E-state index contributed by atoms with van der Waals surface area (Å²) in [5.74, 6) is -1.11. The third-order valence-electron chi connectivity index (χ3n) is 9.24. The highest BCUT2D eigenvalue weighted by Crippen LogP contribution is 2.48. The Bertz CT molecular complexity index is 2070. The average Bonchev–Trinajstić information content (AvgIpc) is 3.14. The second-order valence-electron chi connectivity index (χ2n) is 12.9. The molecule has 0 fully saturated rings. The molecule has 53 heavy (non-hydrogen) atoms. The van der Waals surface area contributed by atoms with Crippen LogP contribution >= 0.6 is 0 Å². The number of esters is 1. The first-order valence-electron chi connectivity index (χ1n) is 17.5. The Kier molecular flexibility index (Phi) is 12.5. The predicted molar refractivity (Wildman–Crippen MR) is 203 cm³/mol. The monoisotopic (exact) mass is 723 g/mol. The molecule has 3 atom stereocenters. The summed E-state index contributed by atoms with van der Waals surface area (Å²) in [6, 6.07) is 16.7. The Morgan fingerprint density at radius 1 is 0.849 bits per heavy atom. The van der Waals surface area contributed by atoms with E-state index in [0.717, 1.165) is 38.2 Å². The van der Waals surface area contributed by atoms with Crippen LogP contribution in [0.15, 0.2) is 72.8 Å². The summed E-state index contributed by atoms with van der Waals surface area (Å²) in [5.41, 5.74) is 14.2. The van der Waals surface area contributed by atoms with E-state index in [9.17, 15) is 19.2 Å². The third kappa shape index (κ3) is 8.86. The van der Waals surface area contributed by atoms with Crippen molar-refractivity contribution in [3.63, 3.8) is 0 Å². The summed E-state index contributed by atoms with van der Waals surface area (Å²) in [6.45, 7) is 1.65. The number of amides is 3. The van der Waals surface area contributed by atoms with Gasteiger partial charge >= 0.3 is 11.9 Å². The van der Waals surface area contributed by atoms with Gasteiger partial charge in [0.25, 0.3) is 0 Å². The van der Waals surface area contributed by atoms with Gasteiger partial charge in [-0.25, -0.2) is 4.79 Å². The molecule has 4 bridgehead atoms. The Labute approximate surface area is 308 Å². The first-order chi connectivity index (χ1) is 25.6. The van der Waals surface area contributed by atoms with Crippen LogP contribution in [0.1, 0.15) is 37.3 Å². The molecule has 13 heteroatoms. The number of rotatable bonds is 8. The number of nitrogens with two attached hydrogens (primary N) is 2. The predicted octanol–water partition coefficient (Wildman–Crippen LogP) is 1.50. The number of hydrogen-bond acceptors (Lipinski definition) is 7. The van der Waals surface area contributed by atoms with Crippen molar-refractivity contribution in [1.29, 1.82) is 0 Å². The van der Waals surface area contributed by atoms with Crippen molar-refractivity contribution < 1.29 is 38.4 Å². The van der Waals surface area contributed by atoms with E-state index in [1.807, 2.05) is 60.7 Å². The summed E-state index contributed by atoms with van der Waals surface area (Å²) in [7, 11) is 4.45. The number of carbonyl (C=O) groups is 4. The first kappa shape index (κ1) is 38.1. The molecule has 8 N–H and O–H groups in total. The lowest BCUT2D eigenvalue weighted by Crippen LogP contribution is -2.78. The van der Waals surface area contributed by atoms with Gasteiger partial charge in [-0.3, -0.25) is 30.8 Å². The van der Waals surface area contributed by atoms with E-state index in [4.69, 9.17) is 25.7 Å². The molecule has 1 aliphatic heterocycles. The van der Waals surface area contributed by atoms with Crippen molar-refractivity contribution in [3.8, 4) is 22.6 Å². The highest BCUT2D eigenvalue weighted by Gasteiger charge is 2.31. The van der Waals surface area contributed by atoms with Gasteiger partial charge in [0.05, 0.1) is 27.9 Å². The summed E-state index contributed by atoms with van der Waals surface area (Å²) >= 11 is 0. The van der Waals surface area contributed by atoms with Crippen LogP contribution < -0.4 is 41.9 Å². The van der Waals surface area contributed by atoms with Crippen LogP contribution in [0.2, 0.25) is 0 Å². The van der Waals surface area contributed by atoms with Gasteiger partial charge in [0.2, 0.25) is 17.7 Å². The SMILES string of the molecule is COC(=O)[C@@H]1C/C=C\Cc2cc3ccccc3c(c2OC)-c2c(OC)c(cc3ccccc23)CC(NC(C)=O)C(=O)N[C@@H](CCC[NH+]=C(N)N)C(=O)N1. The molecule has 5 rings (SSSR count). The lowest BCUT2D eigenvalue weighted by atomic mass is 9.87. The van der Waals surface area contributed by atoms with E-state index in [-0.39, 0.29) is 25.2 Å². The van der Waals surface area contributed by atoms with Crippen LogP contribution in [0.4, 0.5) is 0 Å². The van der Waals surface area contributed by atoms with E-state index < -0.39 is 41.8 Å². The molecule has 4 aromatic rings. The molecule has 0 saturated carbocycles. The largest absolute Gasteiger partial charge is 0.496 e. The summed E-state index contributed by atoms with van der Waals surface area (Å²) < 4.78 is 17.4. The van der Waals surface area contributed by atoms with Gasteiger partial charge in [0.15, 0.2) is 0 Å². The van der Waals surface area contributed by atoms with Gasteiger partial charge in [0.1, 0.15) is 29.6 Å². The molecule has 4 aromatic carbocycles. The summed E-state index contributed by atoms with van der Waals surface area (Å²) in [6.07, 6.45) is 4.87. The molecule has 0 spiro atoms. The molecule has 13 nitrogen and oxygen atoms in total. The molecule has 3 amide bonds. The number of carbonyl (C=O) groups excluding carboxylic acids is 4. The number of fused-ring (bicyclic) bond motifs is 9. The van der Waals surface area contributed by atoms with Crippen LogP contribution in [-0.2, 0) is 36.8 Å². The summed E-state index contributed by atoms with van der Waals surface area (Å²) in [5, 5.41) is 12.1. The van der Waals surface area contributed by atoms with Crippen LogP contribution in [0.5, 0.6) is 11.5 Å². The fraction of sp³-hybridized carbons (Fsp3) is 0.325. The van der Waals surface area contributed by atoms with Crippen molar-refractivity contribution in [2.75, 3.05) is 27.9 Å². The fourth-order valence-electron chi connectivity index (χ4n) is 6.87. The number of allylic oxidation sites excluding steroid dienone is 1. The standard InChI is InChI=1S/C40H46N6O7/c1-23(47)44-32-22-27-21-25-13-6-9-16-29(25)34(36(27)52-3)33-28-15-8-5-12-24(28)20-26(35(33)51-2)14-7-10-17-31(39(50)53-4)46-37(48)30(45-38(32)49)18-11-19-43-40(41)42/h5-10,12-13,15-16,20-21,30-32H,11,14,17-19,22H2,1-4H3,(H,44,47)(H,45,49)(H,46,48)(H4,41,42,43)/p+1/b10-7-/t30-,31-,32?/m0/s1. The van der Waals surface area contributed by atoms with E-state index in [1.165, 1.54) is 14.0 Å². The minimum Gasteiger partial charge on any atom is -0.496 e. The Hall–Kier alpha value is -6.11. The molecule has 278 valence electrons. The fourth-order valence-corrected chi connectivity index (χ4v) is 6.87. The minimum atomic E-state index is -1.11. The van der Waals surface area contributed by atoms with Crippen molar-refractivity contribution in [3.05, 3.63) is 83.9 Å². The molecule has 1 heterocycles. The Balaban J connectivity index is 1.75. The number of hydrogen-bond donors (Lipinski definition) is 6. The minimum absolute atomic E-state index is 0.0203. The zero-order valence-electron chi connectivity index (χ0n) is 30.4. The lowest BCUT2D eigenvalue weighted by Gasteiger charge is -2.26. The lowest BCUT2D eigenvalue weighted by molar-refractivity contribution is -0.459. The molecule has 1 unspecified atom stereocenters. The van der Waals surface area contributed by atoms with Gasteiger partial charge < -0.3 is 30.2 Å². The maximum atomic E-state index is 14.2. The molecular weight excluding hydrogens is 676 g/mol. The normalized spacial score (nSPS) is 18.5. The first-order valence-corrected chi connectivity index (χ1v) is 17.5. The topological polar surface area (TPSA) is 198 Å². The van der Waals surface area contributed by atoms with Crippen molar-refractivity contribution in [2.45, 2.75) is 57.2 Å². The quantitative estimate of drug-likeness (QED) is 0.0513. The maximum Gasteiger partial charge on any atom is 0.338 e. The van der Waals surface area contributed by atoms with Gasteiger partial charge in [-0.05, 0) is 70.5 Å². The van der Waals surface area contributed by atoms with Crippen LogP contribution in [0.3, 0.4) is 0 Å². The van der Waals surface area contributed by atoms with Crippen LogP contribution in [0, 0.1) is 0 Å². The molecule has 0 radical (unpaired) electrons. The molecular formula is C40H47N6O7+. The highest BCUT2D eigenvalue weighted by molar-refractivity contribution is 6.11. The number of ether oxygens (including phenoxy) is 3. The molecule has 0 aliphatic carbocycles. The second-order valence-corrected chi connectivity index (χ2v) is 12.9. The Morgan fingerprint density at radius 2 is 1.45 bits per heavy atom. The third-order valence-corrected chi connectivity index (χ3v) is 9.24. The number of methoxy groups -OCH3 is 3. The maximum absolute atomic E-state index is 14.2. The van der Waals surface area contributed by atoms with Crippen molar-refractivity contribution in [2.24, 2.45) is 11.5 Å². The van der Waals surface area contributed by atoms with E-state index in [0.29, 0.717) is 36.4 Å². The van der Waals surface area contributed by atoms with Crippen molar-refractivity contribution >= 4 is 51.2 Å². The van der Waals surface area contributed by atoms with Gasteiger partial charge in [-0.15, -0.1) is 0 Å². The highest BCUT2D eigenvalue weighted by atomic mass is 16.5. The van der Waals surface area contributed by atoms with Crippen molar-refractivity contribution in [1.82, 2.24) is 16.0 Å². The van der Waals surface area contributed by atoms with E-state index in [1.54, 1.807) is 20.3 Å². The number of benzene rings is 4. The molecule has 0 aromatic heterocycles. The number of nitrogens with one attached hydrogen (secondary N) is 4. The average molecular weight is 724 g/mol. The molecule has 0 saturated heterocycles. The summed E-state index contributed by atoms with van der Waals surface area (Å²) in [4.78, 5) is 56.2. The van der Waals surface area contributed by atoms with E-state index >= 15 is 0 Å². The zero-order chi connectivity index (χ0) is 38.1. The molecule has 1 aliphatic rings.